The van der Waals surface area contributed by atoms with Gasteiger partial charge in [0.25, 0.3) is 0 Å². The Kier molecular flexibility index (Phi) is 5.00. The summed E-state index contributed by atoms with van der Waals surface area (Å²) in [6, 6.07) is 15.2. The summed E-state index contributed by atoms with van der Waals surface area (Å²) >= 11 is 0. The van der Waals surface area contributed by atoms with Gasteiger partial charge in [-0.15, -0.1) is 0 Å². The highest BCUT2D eigenvalue weighted by Gasteiger charge is 2.28. The SMILES string of the molecule is N[C@H](CCNC(=O)OCC1c2ccccc2-c2ccccc21)C(=O)O. The molecule has 1 aliphatic carbocycles. The van der Waals surface area contributed by atoms with Crippen LogP contribution in [0, 0.1) is 0 Å². The fourth-order valence-corrected chi connectivity index (χ4v) is 3.10. The lowest BCUT2D eigenvalue weighted by atomic mass is 9.98. The number of ether oxygens (including phenoxy) is 1. The number of carboxylic acids is 1. The standard InChI is InChI=1S/C19H20N2O4/c20-17(18(22)23)9-10-21-19(24)25-11-16-14-7-3-1-5-12(14)13-6-2-4-8-15(13)16/h1-8,16-17H,9-11,20H2,(H,21,24)(H,22,23)/t17-/m1/s1. The van der Waals surface area contributed by atoms with E-state index in [0.29, 0.717) is 0 Å². The van der Waals surface area contributed by atoms with Crippen LogP contribution >= 0.6 is 0 Å². The van der Waals surface area contributed by atoms with E-state index in [1.165, 1.54) is 11.1 Å². The average Bonchev–Trinajstić information content (AvgIpc) is 2.94. The van der Waals surface area contributed by atoms with Crippen LogP contribution in [0.1, 0.15) is 23.5 Å². The van der Waals surface area contributed by atoms with E-state index < -0.39 is 18.1 Å². The van der Waals surface area contributed by atoms with Gasteiger partial charge in [-0.2, -0.15) is 0 Å². The van der Waals surface area contributed by atoms with Crippen molar-refractivity contribution in [3.05, 3.63) is 59.7 Å². The molecule has 0 aliphatic heterocycles. The number of nitrogens with one attached hydrogen (secondary N) is 1. The molecule has 1 amide bonds. The molecule has 0 bridgehead atoms. The number of fused-ring (bicyclic) bond motifs is 3. The molecule has 6 heteroatoms. The molecule has 0 saturated heterocycles. The fourth-order valence-electron chi connectivity index (χ4n) is 3.10. The van der Waals surface area contributed by atoms with Crippen LogP contribution in [0.15, 0.2) is 48.5 Å². The molecule has 2 aromatic carbocycles. The number of hydrogen-bond acceptors (Lipinski definition) is 4. The van der Waals surface area contributed by atoms with Crippen LogP contribution in [0.3, 0.4) is 0 Å². The van der Waals surface area contributed by atoms with E-state index in [-0.39, 0.29) is 25.5 Å². The third-order valence-corrected chi connectivity index (χ3v) is 4.39. The summed E-state index contributed by atoms with van der Waals surface area (Å²) in [5, 5.41) is 11.2. The highest BCUT2D eigenvalue weighted by molar-refractivity contribution is 5.79. The first-order chi connectivity index (χ1) is 12.1. The number of aliphatic carboxylic acids is 1. The summed E-state index contributed by atoms with van der Waals surface area (Å²) < 4.78 is 5.34. The maximum atomic E-state index is 11.9. The van der Waals surface area contributed by atoms with Crippen LogP contribution < -0.4 is 11.1 Å². The van der Waals surface area contributed by atoms with Crippen LogP contribution in [0.2, 0.25) is 0 Å². The summed E-state index contributed by atoms with van der Waals surface area (Å²) in [6.07, 6.45) is -0.418. The first-order valence-electron chi connectivity index (χ1n) is 8.15. The maximum absolute atomic E-state index is 11.9. The van der Waals surface area contributed by atoms with Gasteiger partial charge in [0.2, 0.25) is 0 Å². The second kappa shape index (κ2) is 7.36. The predicted molar refractivity (Wildman–Crippen MR) is 93.3 cm³/mol. The van der Waals surface area contributed by atoms with Crippen LogP contribution in [-0.2, 0) is 9.53 Å². The normalized spacial score (nSPS) is 13.6. The average molecular weight is 340 g/mol. The van der Waals surface area contributed by atoms with Gasteiger partial charge in [-0.05, 0) is 28.7 Å². The fraction of sp³-hybridized carbons (Fsp3) is 0.263. The molecule has 1 atom stereocenters. The van der Waals surface area contributed by atoms with E-state index in [2.05, 4.69) is 17.4 Å². The van der Waals surface area contributed by atoms with Crippen molar-refractivity contribution in [2.45, 2.75) is 18.4 Å². The van der Waals surface area contributed by atoms with E-state index >= 15 is 0 Å². The minimum atomic E-state index is -1.09. The Morgan fingerprint density at radius 3 is 2.20 bits per heavy atom. The second-order valence-corrected chi connectivity index (χ2v) is 5.99. The quantitative estimate of drug-likeness (QED) is 0.749. The van der Waals surface area contributed by atoms with Crippen molar-refractivity contribution in [1.82, 2.24) is 5.32 Å². The highest BCUT2D eigenvalue weighted by atomic mass is 16.5. The Morgan fingerprint density at radius 1 is 1.08 bits per heavy atom. The molecular weight excluding hydrogens is 320 g/mol. The highest BCUT2D eigenvalue weighted by Crippen LogP contribution is 2.44. The van der Waals surface area contributed by atoms with E-state index in [9.17, 15) is 9.59 Å². The molecule has 0 fully saturated rings. The molecule has 2 aromatic rings. The predicted octanol–water partition coefficient (Wildman–Crippen LogP) is 2.33. The van der Waals surface area contributed by atoms with E-state index in [1.54, 1.807) is 0 Å². The second-order valence-electron chi connectivity index (χ2n) is 5.99. The number of carbonyl (C=O) groups excluding carboxylic acids is 1. The van der Waals surface area contributed by atoms with Gasteiger partial charge in [-0.3, -0.25) is 4.79 Å². The Morgan fingerprint density at radius 2 is 1.64 bits per heavy atom. The largest absolute Gasteiger partial charge is 0.480 e. The molecule has 3 rings (SSSR count). The number of carbonyl (C=O) groups is 2. The van der Waals surface area contributed by atoms with Gasteiger partial charge in [0, 0.05) is 12.5 Å². The van der Waals surface area contributed by atoms with Crippen molar-refractivity contribution < 1.29 is 19.4 Å². The molecule has 0 unspecified atom stereocenters. The van der Waals surface area contributed by atoms with Crippen molar-refractivity contribution >= 4 is 12.1 Å². The summed E-state index contributed by atoms with van der Waals surface area (Å²) in [4.78, 5) is 22.5. The number of benzene rings is 2. The van der Waals surface area contributed by atoms with Gasteiger partial charge in [0.1, 0.15) is 12.6 Å². The van der Waals surface area contributed by atoms with E-state index in [0.717, 1.165) is 11.1 Å². The van der Waals surface area contributed by atoms with Crippen LogP contribution in [-0.4, -0.2) is 36.4 Å². The molecule has 130 valence electrons. The monoisotopic (exact) mass is 340 g/mol. The first kappa shape index (κ1) is 17.0. The van der Waals surface area contributed by atoms with Gasteiger partial charge < -0.3 is 20.9 Å². The minimum absolute atomic E-state index is 0.000531. The molecule has 4 N–H and O–H groups in total. The van der Waals surface area contributed by atoms with Crippen molar-refractivity contribution in [1.29, 1.82) is 0 Å². The summed E-state index contributed by atoms with van der Waals surface area (Å²) in [5.41, 5.74) is 10.0. The lowest BCUT2D eigenvalue weighted by Gasteiger charge is -2.15. The van der Waals surface area contributed by atoms with E-state index in [1.807, 2.05) is 36.4 Å². The lowest BCUT2D eigenvalue weighted by Crippen LogP contribution is -2.35. The minimum Gasteiger partial charge on any atom is -0.480 e. The maximum Gasteiger partial charge on any atom is 0.407 e. The summed E-state index contributed by atoms with van der Waals surface area (Å²) in [7, 11) is 0. The molecule has 0 aromatic heterocycles. The van der Waals surface area contributed by atoms with Crippen molar-refractivity contribution in [2.24, 2.45) is 5.73 Å². The molecule has 0 spiro atoms. The Balaban J connectivity index is 1.60. The zero-order valence-corrected chi connectivity index (χ0v) is 13.6. The van der Waals surface area contributed by atoms with Crippen molar-refractivity contribution in [3.8, 4) is 11.1 Å². The third-order valence-electron chi connectivity index (χ3n) is 4.39. The van der Waals surface area contributed by atoms with Gasteiger partial charge in [-0.25, -0.2) is 4.79 Å². The zero-order chi connectivity index (χ0) is 17.8. The number of nitrogens with two attached hydrogens (primary N) is 1. The molecule has 25 heavy (non-hydrogen) atoms. The smallest absolute Gasteiger partial charge is 0.407 e. The molecule has 0 heterocycles. The molecule has 0 saturated carbocycles. The number of rotatable bonds is 6. The van der Waals surface area contributed by atoms with Gasteiger partial charge >= 0.3 is 12.1 Å². The van der Waals surface area contributed by atoms with Gasteiger partial charge in [0.05, 0.1) is 0 Å². The van der Waals surface area contributed by atoms with Crippen LogP contribution in [0.25, 0.3) is 11.1 Å². The number of alkyl carbamates (subject to hydrolysis) is 1. The van der Waals surface area contributed by atoms with Crippen LogP contribution in [0.5, 0.6) is 0 Å². The van der Waals surface area contributed by atoms with Gasteiger partial charge in [-0.1, -0.05) is 48.5 Å². The van der Waals surface area contributed by atoms with Crippen molar-refractivity contribution in [2.75, 3.05) is 13.2 Å². The molecule has 1 aliphatic rings. The summed E-state index contributed by atoms with van der Waals surface area (Å²) in [6.45, 7) is 0.384. The Labute approximate surface area is 145 Å². The third kappa shape index (κ3) is 3.64. The molecule has 6 nitrogen and oxygen atoms in total. The number of carboxylic acid groups (broad SMARTS) is 1. The number of hydrogen-bond donors (Lipinski definition) is 3. The first-order valence-corrected chi connectivity index (χ1v) is 8.15. The lowest BCUT2D eigenvalue weighted by molar-refractivity contribution is -0.138. The molecular formula is C19H20N2O4. The Hall–Kier alpha value is -2.86. The zero-order valence-electron chi connectivity index (χ0n) is 13.6. The van der Waals surface area contributed by atoms with E-state index in [4.69, 9.17) is 15.6 Å². The van der Waals surface area contributed by atoms with Crippen LogP contribution in [0.4, 0.5) is 4.79 Å². The number of amides is 1. The summed E-state index contributed by atoms with van der Waals surface area (Å²) in [5.74, 6) is -1.09. The Bertz CT molecular complexity index is 745. The van der Waals surface area contributed by atoms with Crippen molar-refractivity contribution in [3.63, 3.8) is 0 Å². The van der Waals surface area contributed by atoms with Gasteiger partial charge in [0.15, 0.2) is 0 Å². The topological polar surface area (TPSA) is 102 Å². The molecule has 0 radical (unpaired) electrons.